The minimum Gasteiger partial charge on any atom is -0.350 e. The van der Waals surface area contributed by atoms with Crippen LogP contribution in [0.1, 0.15) is 39.7 Å². The largest absolute Gasteiger partial charge is 0.350 e. The van der Waals surface area contributed by atoms with Gasteiger partial charge in [-0.05, 0) is 63.1 Å². The lowest BCUT2D eigenvalue weighted by Crippen LogP contribution is -2.55. The van der Waals surface area contributed by atoms with Crippen molar-refractivity contribution in [3.63, 3.8) is 0 Å². The predicted molar refractivity (Wildman–Crippen MR) is 156 cm³/mol. The van der Waals surface area contributed by atoms with Gasteiger partial charge in [0.15, 0.2) is 0 Å². The number of anilines is 1. The Morgan fingerprint density at radius 3 is 2.03 bits per heavy atom. The third kappa shape index (κ3) is 7.97. The monoisotopic (exact) mass is 589 g/mol. The van der Waals surface area contributed by atoms with Crippen LogP contribution in [0.25, 0.3) is 0 Å². The summed E-state index contributed by atoms with van der Waals surface area (Å²) in [6.45, 7) is 6.96. The average molecular weight is 591 g/mol. The van der Waals surface area contributed by atoms with E-state index in [2.05, 4.69) is 5.32 Å². The minimum absolute atomic E-state index is 0.0102. The van der Waals surface area contributed by atoms with Crippen molar-refractivity contribution in [3.05, 3.63) is 94.5 Å². The molecule has 0 heterocycles. The molecular formula is C29H33Cl2N3O4S. The summed E-state index contributed by atoms with van der Waals surface area (Å²) in [5.74, 6) is -0.860. The van der Waals surface area contributed by atoms with Crippen molar-refractivity contribution < 1.29 is 18.0 Å². The molecule has 10 heteroatoms. The average Bonchev–Trinajstić information content (AvgIpc) is 2.88. The van der Waals surface area contributed by atoms with Crippen LogP contribution >= 0.6 is 23.2 Å². The molecule has 0 aliphatic rings. The second-order valence-electron chi connectivity index (χ2n) is 10.1. The van der Waals surface area contributed by atoms with E-state index < -0.39 is 34.1 Å². The number of nitrogens with zero attached hydrogens (tertiary/aromatic N) is 2. The van der Waals surface area contributed by atoms with Gasteiger partial charge in [0.05, 0.1) is 20.6 Å². The molecule has 3 aromatic rings. The Balaban J connectivity index is 2.07. The van der Waals surface area contributed by atoms with Crippen LogP contribution in [-0.4, -0.2) is 43.3 Å². The van der Waals surface area contributed by atoms with Crippen LogP contribution in [-0.2, 0) is 26.2 Å². The summed E-state index contributed by atoms with van der Waals surface area (Å²) in [4.78, 5) is 28.8. The maximum atomic E-state index is 14.0. The number of sulfonamides is 1. The molecule has 39 heavy (non-hydrogen) atoms. The molecule has 0 bridgehead atoms. The number of hydrogen-bond acceptors (Lipinski definition) is 4. The van der Waals surface area contributed by atoms with Gasteiger partial charge in [0.25, 0.3) is 10.0 Å². The fourth-order valence-corrected chi connectivity index (χ4v) is 5.76. The number of nitrogens with one attached hydrogen (secondary N) is 1. The zero-order valence-corrected chi connectivity index (χ0v) is 24.7. The quantitative estimate of drug-likeness (QED) is 0.318. The van der Waals surface area contributed by atoms with Gasteiger partial charge in [0.2, 0.25) is 11.8 Å². The van der Waals surface area contributed by atoms with E-state index in [-0.39, 0.29) is 33.1 Å². The van der Waals surface area contributed by atoms with Crippen molar-refractivity contribution in [2.24, 2.45) is 0 Å². The molecule has 1 atom stereocenters. The highest BCUT2D eigenvalue weighted by Gasteiger charge is 2.34. The van der Waals surface area contributed by atoms with Gasteiger partial charge in [-0.1, -0.05) is 78.7 Å². The Bertz CT molecular complexity index is 1400. The Hall–Kier alpha value is -3.07. The van der Waals surface area contributed by atoms with Crippen molar-refractivity contribution in [3.8, 4) is 0 Å². The van der Waals surface area contributed by atoms with Crippen molar-refractivity contribution >= 4 is 50.7 Å². The number of amides is 2. The van der Waals surface area contributed by atoms with Crippen LogP contribution < -0.4 is 9.62 Å². The first-order chi connectivity index (χ1) is 18.3. The first-order valence-corrected chi connectivity index (χ1v) is 14.7. The topological polar surface area (TPSA) is 86.8 Å². The second kappa shape index (κ2) is 12.9. The lowest BCUT2D eigenvalue weighted by molar-refractivity contribution is -0.141. The second-order valence-corrected chi connectivity index (χ2v) is 12.8. The Kier molecular flexibility index (Phi) is 10.0. The third-order valence-corrected chi connectivity index (χ3v) is 8.41. The molecule has 2 amide bonds. The highest BCUT2D eigenvalue weighted by Crippen LogP contribution is 2.31. The zero-order chi connectivity index (χ0) is 28.8. The summed E-state index contributed by atoms with van der Waals surface area (Å²) in [5.41, 5.74) is 0.461. The summed E-state index contributed by atoms with van der Waals surface area (Å²) in [6.07, 6.45) is 0.332. The van der Waals surface area contributed by atoms with Gasteiger partial charge in [0, 0.05) is 12.1 Å². The number of carbonyl (C=O) groups excluding carboxylic acids is 2. The summed E-state index contributed by atoms with van der Waals surface area (Å²) in [7, 11) is -4.18. The van der Waals surface area contributed by atoms with E-state index in [4.69, 9.17) is 23.2 Å². The molecule has 0 saturated carbocycles. The molecular weight excluding hydrogens is 557 g/mol. The molecule has 1 unspecified atom stereocenters. The molecule has 0 fully saturated rings. The van der Waals surface area contributed by atoms with Gasteiger partial charge in [-0.15, -0.1) is 0 Å². The summed E-state index contributed by atoms with van der Waals surface area (Å²) in [5, 5.41) is 3.34. The Labute approximate surface area is 240 Å². The van der Waals surface area contributed by atoms with Gasteiger partial charge >= 0.3 is 0 Å². The molecule has 3 aromatic carbocycles. The lowest BCUT2D eigenvalue weighted by Gasteiger charge is -2.34. The minimum atomic E-state index is -4.18. The molecule has 0 saturated heterocycles. The maximum absolute atomic E-state index is 14.0. The number of hydrogen-bond donors (Lipinski definition) is 1. The van der Waals surface area contributed by atoms with Gasteiger partial charge in [0.1, 0.15) is 12.6 Å². The highest BCUT2D eigenvalue weighted by molar-refractivity contribution is 7.92. The van der Waals surface area contributed by atoms with Crippen LogP contribution in [0.15, 0.2) is 83.8 Å². The zero-order valence-electron chi connectivity index (χ0n) is 22.4. The smallest absolute Gasteiger partial charge is 0.264 e. The van der Waals surface area contributed by atoms with Crippen LogP contribution in [0.2, 0.25) is 10.0 Å². The van der Waals surface area contributed by atoms with Gasteiger partial charge in [-0.25, -0.2) is 8.42 Å². The van der Waals surface area contributed by atoms with Crippen molar-refractivity contribution in [2.45, 2.75) is 57.1 Å². The van der Waals surface area contributed by atoms with E-state index in [0.29, 0.717) is 6.42 Å². The van der Waals surface area contributed by atoms with E-state index in [1.165, 1.54) is 35.2 Å². The molecule has 0 aromatic heterocycles. The van der Waals surface area contributed by atoms with Crippen LogP contribution in [0.3, 0.4) is 0 Å². The van der Waals surface area contributed by atoms with Crippen LogP contribution in [0.4, 0.5) is 5.69 Å². The molecule has 208 valence electrons. The van der Waals surface area contributed by atoms with Crippen LogP contribution in [0.5, 0.6) is 0 Å². The van der Waals surface area contributed by atoms with Gasteiger partial charge < -0.3 is 10.2 Å². The molecule has 0 aliphatic carbocycles. The standard InChI is InChI=1S/C29H33Cl2N3O4S/c1-5-26(28(36)32-29(2,3)4)33(19-21-12-8-6-9-13-21)27(35)20-34(22-16-17-24(30)25(31)18-22)39(37,38)23-14-10-7-11-15-23/h6-18,26H,5,19-20H2,1-4H3,(H,32,36). The first kappa shape index (κ1) is 30.5. The highest BCUT2D eigenvalue weighted by atomic mass is 35.5. The molecule has 3 rings (SSSR count). The normalized spacial score (nSPS) is 12.5. The third-order valence-electron chi connectivity index (χ3n) is 5.88. The molecule has 0 spiro atoms. The van der Waals surface area contributed by atoms with Gasteiger partial charge in [-0.2, -0.15) is 0 Å². The van der Waals surface area contributed by atoms with E-state index >= 15 is 0 Å². The van der Waals surface area contributed by atoms with Crippen molar-refractivity contribution in [1.82, 2.24) is 10.2 Å². The number of carbonyl (C=O) groups is 2. The first-order valence-electron chi connectivity index (χ1n) is 12.5. The molecule has 7 nitrogen and oxygen atoms in total. The van der Waals surface area contributed by atoms with E-state index in [1.807, 2.05) is 58.0 Å². The Morgan fingerprint density at radius 1 is 0.897 bits per heavy atom. The van der Waals surface area contributed by atoms with Crippen molar-refractivity contribution in [1.29, 1.82) is 0 Å². The predicted octanol–water partition coefficient (Wildman–Crippen LogP) is 5.91. The lowest BCUT2D eigenvalue weighted by atomic mass is 10.1. The summed E-state index contributed by atoms with van der Waals surface area (Å²) in [6, 6.07) is 20.6. The summed E-state index contributed by atoms with van der Waals surface area (Å²) >= 11 is 12.3. The molecule has 0 aliphatic heterocycles. The van der Waals surface area contributed by atoms with E-state index in [9.17, 15) is 18.0 Å². The fraction of sp³-hybridized carbons (Fsp3) is 0.310. The molecule has 0 radical (unpaired) electrons. The van der Waals surface area contributed by atoms with Crippen LogP contribution in [0, 0.1) is 0 Å². The number of halogens is 2. The number of rotatable bonds is 10. The van der Waals surface area contributed by atoms with E-state index in [1.54, 1.807) is 18.2 Å². The van der Waals surface area contributed by atoms with Crippen molar-refractivity contribution in [2.75, 3.05) is 10.8 Å². The maximum Gasteiger partial charge on any atom is 0.264 e. The molecule has 1 N–H and O–H groups in total. The fourth-order valence-electron chi connectivity index (χ4n) is 4.04. The summed E-state index contributed by atoms with van der Waals surface area (Å²) < 4.78 is 28.6. The Morgan fingerprint density at radius 2 is 1.49 bits per heavy atom. The van der Waals surface area contributed by atoms with E-state index in [0.717, 1.165) is 9.87 Å². The SMILES string of the molecule is CCC(C(=O)NC(C)(C)C)N(Cc1ccccc1)C(=O)CN(c1ccc(Cl)c(Cl)c1)S(=O)(=O)c1ccccc1. The van der Waals surface area contributed by atoms with Gasteiger partial charge in [-0.3, -0.25) is 13.9 Å². The number of benzene rings is 3.